The van der Waals surface area contributed by atoms with Crippen LogP contribution in [-0.2, 0) is 30.4 Å². The molecule has 0 saturated carbocycles. The van der Waals surface area contributed by atoms with Crippen molar-refractivity contribution in [3.8, 4) is 0 Å². The van der Waals surface area contributed by atoms with Crippen molar-refractivity contribution in [1.82, 2.24) is 16.0 Å². The molecule has 0 aliphatic carbocycles. The number of amides is 3. The highest BCUT2D eigenvalue weighted by atomic mass is 16.4. The van der Waals surface area contributed by atoms with Crippen LogP contribution >= 0.6 is 0 Å². The Morgan fingerprint density at radius 1 is 0.857 bits per heavy atom. The van der Waals surface area contributed by atoms with Gasteiger partial charge < -0.3 is 31.9 Å². The van der Waals surface area contributed by atoms with Crippen LogP contribution in [0.4, 0.5) is 0 Å². The predicted octanol–water partition coefficient (Wildman–Crippen LogP) is 0.272. The Morgan fingerprint density at radius 3 is 1.91 bits per heavy atom. The summed E-state index contributed by atoms with van der Waals surface area (Å²) in [7, 11) is 0. The summed E-state index contributed by atoms with van der Waals surface area (Å²) in [4.78, 5) is 61.2. The number of hydrogen-bond acceptors (Lipinski definition) is 6. The van der Waals surface area contributed by atoms with E-state index in [4.69, 9.17) is 5.73 Å². The van der Waals surface area contributed by atoms with E-state index in [-0.39, 0.29) is 12.3 Å². The van der Waals surface area contributed by atoms with Gasteiger partial charge in [-0.1, -0.05) is 64.4 Å². The third-order valence-corrected chi connectivity index (χ3v) is 5.67. The molecule has 3 amide bonds. The largest absolute Gasteiger partial charge is 0.481 e. The smallest absolute Gasteiger partial charge is 0.326 e. The Bertz CT molecular complexity index is 891. The second-order valence-electron chi connectivity index (χ2n) is 8.90. The standard InChI is InChI=1S/C24H36N4O7/c1-5-14(4)20(24(34)35)28-23(33)19(13(2)3)27-22(32)17(12-18(29)30)26-21(31)16(25)11-15-9-7-6-8-10-15/h6-10,13-14,16-17,19-20H,5,11-12,25H2,1-4H3,(H,26,31)(H,27,32)(H,28,33)(H,29,30)(H,34,35). The van der Waals surface area contributed by atoms with Gasteiger partial charge in [-0.2, -0.15) is 0 Å². The van der Waals surface area contributed by atoms with Crippen LogP contribution in [-0.4, -0.2) is 64.0 Å². The summed E-state index contributed by atoms with van der Waals surface area (Å²) in [5.41, 5.74) is 6.73. The van der Waals surface area contributed by atoms with Gasteiger partial charge >= 0.3 is 11.9 Å². The van der Waals surface area contributed by atoms with Gasteiger partial charge in [0.05, 0.1) is 12.5 Å². The van der Waals surface area contributed by atoms with Crippen molar-refractivity contribution in [3.63, 3.8) is 0 Å². The van der Waals surface area contributed by atoms with Crippen molar-refractivity contribution < 1.29 is 34.2 Å². The molecule has 35 heavy (non-hydrogen) atoms. The highest BCUT2D eigenvalue weighted by molar-refractivity contribution is 5.95. The number of carbonyl (C=O) groups excluding carboxylic acids is 3. The quantitative estimate of drug-likeness (QED) is 0.213. The molecule has 0 heterocycles. The summed E-state index contributed by atoms with van der Waals surface area (Å²) < 4.78 is 0. The van der Waals surface area contributed by atoms with E-state index in [1.807, 2.05) is 6.07 Å². The molecule has 0 bridgehead atoms. The van der Waals surface area contributed by atoms with E-state index in [9.17, 15) is 34.2 Å². The van der Waals surface area contributed by atoms with Crippen molar-refractivity contribution >= 4 is 29.7 Å². The van der Waals surface area contributed by atoms with Gasteiger partial charge in [0.1, 0.15) is 18.1 Å². The number of nitrogens with one attached hydrogen (secondary N) is 3. The number of carboxylic acid groups (broad SMARTS) is 2. The van der Waals surface area contributed by atoms with Crippen molar-refractivity contribution in [2.45, 2.75) is 71.1 Å². The van der Waals surface area contributed by atoms with Gasteiger partial charge in [0.15, 0.2) is 0 Å². The molecule has 1 aromatic rings. The Hall–Kier alpha value is -3.47. The van der Waals surface area contributed by atoms with Crippen LogP contribution in [0.1, 0.15) is 46.1 Å². The fraction of sp³-hybridized carbons (Fsp3) is 0.542. The molecule has 5 unspecified atom stereocenters. The Kier molecular flexibility index (Phi) is 11.9. The molecule has 0 saturated heterocycles. The normalized spacial score (nSPS) is 15.3. The molecular formula is C24H36N4O7. The van der Waals surface area contributed by atoms with E-state index in [1.54, 1.807) is 52.0 Å². The molecule has 194 valence electrons. The van der Waals surface area contributed by atoms with Gasteiger partial charge in [-0.15, -0.1) is 0 Å². The first kappa shape index (κ1) is 29.6. The maximum Gasteiger partial charge on any atom is 0.326 e. The summed E-state index contributed by atoms with van der Waals surface area (Å²) in [5, 5.41) is 25.9. The van der Waals surface area contributed by atoms with Crippen LogP contribution in [0.3, 0.4) is 0 Å². The van der Waals surface area contributed by atoms with Gasteiger partial charge in [0.2, 0.25) is 17.7 Å². The molecule has 0 spiro atoms. The van der Waals surface area contributed by atoms with Gasteiger partial charge in [0, 0.05) is 0 Å². The third-order valence-electron chi connectivity index (χ3n) is 5.67. The summed E-state index contributed by atoms with van der Waals surface area (Å²) >= 11 is 0. The molecule has 1 rings (SSSR count). The zero-order valence-corrected chi connectivity index (χ0v) is 20.5. The monoisotopic (exact) mass is 492 g/mol. The van der Waals surface area contributed by atoms with E-state index in [0.717, 1.165) is 5.56 Å². The third kappa shape index (κ3) is 9.73. The van der Waals surface area contributed by atoms with Crippen molar-refractivity contribution in [1.29, 1.82) is 0 Å². The number of nitrogens with two attached hydrogens (primary N) is 1. The van der Waals surface area contributed by atoms with Crippen molar-refractivity contribution in [3.05, 3.63) is 35.9 Å². The number of aliphatic carboxylic acids is 2. The number of hydrogen-bond donors (Lipinski definition) is 6. The molecule has 11 nitrogen and oxygen atoms in total. The summed E-state index contributed by atoms with van der Waals surface area (Å²) in [6, 6.07) is 4.12. The average molecular weight is 493 g/mol. The predicted molar refractivity (Wildman–Crippen MR) is 128 cm³/mol. The molecule has 1 aromatic carbocycles. The minimum atomic E-state index is -1.49. The maximum absolute atomic E-state index is 12.9. The lowest BCUT2D eigenvalue weighted by Gasteiger charge is -2.28. The Balaban J connectivity index is 2.95. The SMILES string of the molecule is CCC(C)C(NC(=O)C(NC(=O)C(CC(=O)O)NC(=O)C(N)Cc1ccccc1)C(C)C)C(=O)O. The van der Waals surface area contributed by atoms with E-state index >= 15 is 0 Å². The summed E-state index contributed by atoms with van der Waals surface area (Å²) in [6.45, 7) is 6.75. The highest BCUT2D eigenvalue weighted by Crippen LogP contribution is 2.11. The second-order valence-corrected chi connectivity index (χ2v) is 8.90. The van der Waals surface area contributed by atoms with E-state index < -0.39 is 66.2 Å². The summed E-state index contributed by atoms with van der Waals surface area (Å²) in [5.74, 6) is -5.68. The molecular weight excluding hydrogens is 456 g/mol. The molecule has 7 N–H and O–H groups in total. The minimum absolute atomic E-state index is 0.178. The molecule has 5 atom stereocenters. The fourth-order valence-corrected chi connectivity index (χ4v) is 3.34. The van der Waals surface area contributed by atoms with Crippen LogP contribution in [0, 0.1) is 11.8 Å². The molecule has 0 aliphatic rings. The van der Waals surface area contributed by atoms with E-state index in [2.05, 4.69) is 16.0 Å². The maximum atomic E-state index is 12.9. The Labute approximate surface area is 204 Å². The zero-order valence-electron chi connectivity index (χ0n) is 20.5. The van der Waals surface area contributed by atoms with E-state index in [1.165, 1.54) is 0 Å². The summed E-state index contributed by atoms with van der Waals surface area (Å²) in [6.07, 6.45) is -0.0457. The highest BCUT2D eigenvalue weighted by Gasteiger charge is 2.34. The first-order valence-electron chi connectivity index (χ1n) is 11.5. The molecule has 0 aliphatic heterocycles. The van der Waals surface area contributed by atoms with Crippen LogP contribution < -0.4 is 21.7 Å². The topological polar surface area (TPSA) is 188 Å². The molecule has 0 radical (unpaired) electrons. The van der Waals surface area contributed by atoms with Crippen molar-refractivity contribution in [2.24, 2.45) is 17.6 Å². The average Bonchev–Trinajstić information content (AvgIpc) is 2.79. The van der Waals surface area contributed by atoms with Crippen LogP contribution in [0.15, 0.2) is 30.3 Å². The molecule has 11 heteroatoms. The van der Waals surface area contributed by atoms with Crippen LogP contribution in [0.5, 0.6) is 0 Å². The zero-order chi connectivity index (χ0) is 26.7. The van der Waals surface area contributed by atoms with Gasteiger partial charge in [0.25, 0.3) is 0 Å². The van der Waals surface area contributed by atoms with Gasteiger partial charge in [-0.05, 0) is 23.8 Å². The van der Waals surface area contributed by atoms with Crippen LogP contribution in [0.25, 0.3) is 0 Å². The van der Waals surface area contributed by atoms with Crippen LogP contribution in [0.2, 0.25) is 0 Å². The van der Waals surface area contributed by atoms with Gasteiger partial charge in [-0.25, -0.2) is 4.79 Å². The lowest BCUT2D eigenvalue weighted by Crippen LogP contribution is -2.59. The Morgan fingerprint density at radius 2 is 1.43 bits per heavy atom. The first-order chi connectivity index (χ1) is 16.4. The fourth-order valence-electron chi connectivity index (χ4n) is 3.34. The van der Waals surface area contributed by atoms with E-state index in [0.29, 0.717) is 6.42 Å². The molecule has 0 aromatic heterocycles. The number of carboxylic acids is 2. The minimum Gasteiger partial charge on any atom is -0.481 e. The second kappa shape index (κ2) is 14.1. The number of carbonyl (C=O) groups is 5. The number of benzene rings is 1. The van der Waals surface area contributed by atoms with Crippen molar-refractivity contribution in [2.75, 3.05) is 0 Å². The lowest BCUT2D eigenvalue weighted by atomic mass is 9.97. The van der Waals surface area contributed by atoms with Gasteiger partial charge in [-0.3, -0.25) is 19.2 Å². The molecule has 0 fully saturated rings. The lowest BCUT2D eigenvalue weighted by molar-refractivity contribution is -0.144. The first-order valence-corrected chi connectivity index (χ1v) is 11.5. The number of rotatable bonds is 14.